The van der Waals surface area contributed by atoms with Gasteiger partial charge in [-0.15, -0.1) is 11.6 Å². The standard InChI is InChI=1S/C51H61ClN8O7/c1-7-10-45(61)56-40(23-30(2)3)49(64)57-41(24-31(4)5)48(63)53-35-15-13-32(14-16-35)47(62)54-36-17-18-39-33(25-36)26-42(55-39)50(65)60-29-34(28-52)46-38-12-9-8-11-37(38)44(27-43(46)60)67-51(66)59-21-19-58(6)20-22-59/h8-9,11-18,25-27,30-31,34,40-41,55H,7,10,19-24,28-29H2,1-6H3,(H,53,63)(H,54,62)(H,56,61)(H,57,64)/t34-,40+,41+/m1/s1. The average molecular weight is 934 g/mol. The van der Waals surface area contributed by atoms with Crippen LogP contribution in [0.3, 0.4) is 0 Å². The number of anilines is 3. The monoisotopic (exact) mass is 932 g/mol. The van der Waals surface area contributed by atoms with E-state index in [4.69, 9.17) is 16.3 Å². The van der Waals surface area contributed by atoms with Crippen LogP contribution in [-0.4, -0.2) is 108 Å². The molecule has 4 aromatic carbocycles. The van der Waals surface area contributed by atoms with Gasteiger partial charge in [0.25, 0.3) is 11.8 Å². The molecule has 15 nitrogen and oxygen atoms in total. The average Bonchev–Trinajstić information content (AvgIpc) is 3.90. The Morgan fingerprint density at radius 1 is 0.776 bits per heavy atom. The van der Waals surface area contributed by atoms with Crippen LogP contribution in [0, 0.1) is 11.8 Å². The predicted octanol–water partition coefficient (Wildman–Crippen LogP) is 8.10. The van der Waals surface area contributed by atoms with Crippen molar-refractivity contribution in [3.05, 3.63) is 95.7 Å². The van der Waals surface area contributed by atoms with Crippen LogP contribution < -0.4 is 30.9 Å². The van der Waals surface area contributed by atoms with Gasteiger partial charge in [0, 0.05) is 90.2 Å². The summed E-state index contributed by atoms with van der Waals surface area (Å²) < 4.78 is 6.05. The number of hydrogen-bond donors (Lipinski definition) is 5. The highest BCUT2D eigenvalue weighted by Crippen LogP contribution is 2.46. The van der Waals surface area contributed by atoms with Gasteiger partial charge in [-0.2, -0.15) is 0 Å². The van der Waals surface area contributed by atoms with Crippen molar-refractivity contribution < 1.29 is 33.5 Å². The maximum absolute atomic E-state index is 14.4. The van der Waals surface area contributed by atoms with Crippen LogP contribution in [0.15, 0.2) is 78.9 Å². The molecule has 7 rings (SSSR count). The Kier molecular flexibility index (Phi) is 15.5. The molecule has 0 unspecified atom stereocenters. The summed E-state index contributed by atoms with van der Waals surface area (Å²) in [5, 5.41) is 13.8. The predicted molar refractivity (Wildman–Crippen MR) is 263 cm³/mol. The molecule has 5 aromatic rings. The number of alkyl halides is 1. The van der Waals surface area contributed by atoms with E-state index in [1.165, 1.54) is 0 Å². The summed E-state index contributed by atoms with van der Waals surface area (Å²) in [5.74, 6) is -0.949. The number of aromatic amines is 1. The summed E-state index contributed by atoms with van der Waals surface area (Å²) in [6, 6.07) is 21.4. The minimum Gasteiger partial charge on any atom is -0.409 e. The first-order valence-electron chi connectivity index (χ1n) is 23.2. The lowest BCUT2D eigenvalue weighted by Crippen LogP contribution is -2.53. The van der Waals surface area contributed by atoms with Crippen molar-refractivity contribution in [1.82, 2.24) is 25.4 Å². The zero-order valence-corrected chi connectivity index (χ0v) is 39.8. The first kappa shape index (κ1) is 48.5. The first-order valence-corrected chi connectivity index (χ1v) is 23.7. The third-order valence-electron chi connectivity index (χ3n) is 12.2. The molecule has 1 fully saturated rings. The molecule has 0 radical (unpaired) electrons. The van der Waals surface area contributed by atoms with Crippen molar-refractivity contribution >= 4 is 86.0 Å². The van der Waals surface area contributed by atoms with E-state index in [9.17, 15) is 28.8 Å². The highest BCUT2D eigenvalue weighted by molar-refractivity contribution is 6.19. The fraction of sp³-hybridized carbons (Fsp3) is 0.412. The molecule has 354 valence electrons. The lowest BCUT2D eigenvalue weighted by atomic mass is 9.95. The summed E-state index contributed by atoms with van der Waals surface area (Å²) >= 11 is 6.55. The third-order valence-corrected chi connectivity index (χ3v) is 12.6. The molecule has 3 atom stereocenters. The number of aromatic nitrogens is 1. The number of amides is 6. The Labute approximate surface area is 396 Å². The fourth-order valence-corrected chi connectivity index (χ4v) is 9.00. The van der Waals surface area contributed by atoms with E-state index in [1.807, 2.05) is 65.9 Å². The number of halogens is 1. The number of hydrogen-bond acceptors (Lipinski definition) is 8. The Morgan fingerprint density at radius 3 is 2.09 bits per heavy atom. The van der Waals surface area contributed by atoms with E-state index in [-0.39, 0.29) is 41.4 Å². The van der Waals surface area contributed by atoms with Crippen LogP contribution >= 0.6 is 11.6 Å². The first-order chi connectivity index (χ1) is 32.1. The van der Waals surface area contributed by atoms with Gasteiger partial charge in [0.05, 0.1) is 5.69 Å². The molecule has 67 heavy (non-hydrogen) atoms. The van der Waals surface area contributed by atoms with Crippen LogP contribution in [0.4, 0.5) is 21.9 Å². The van der Waals surface area contributed by atoms with E-state index < -0.39 is 30.0 Å². The second-order valence-electron chi connectivity index (χ2n) is 18.5. The van der Waals surface area contributed by atoms with Crippen LogP contribution in [-0.2, 0) is 14.4 Å². The molecular formula is C51H61ClN8O7. The van der Waals surface area contributed by atoms with Gasteiger partial charge < -0.3 is 45.7 Å². The summed E-state index contributed by atoms with van der Waals surface area (Å²) in [7, 11) is 2.02. The number of nitrogens with zero attached hydrogens (tertiary/aromatic N) is 3. The molecule has 2 aliphatic heterocycles. The van der Waals surface area contributed by atoms with E-state index >= 15 is 0 Å². The Balaban J connectivity index is 1.02. The van der Waals surface area contributed by atoms with E-state index in [1.54, 1.807) is 64.4 Å². The van der Waals surface area contributed by atoms with Crippen LogP contribution in [0.1, 0.15) is 92.6 Å². The summed E-state index contributed by atoms with van der Waals surface area (Å²) in [6.45, 7) is 12.7. The number of rotatable bonds is 16. The number of nitrogens with one attached hydrogen (secondary N) is 5. The molecule has 16 heteroatoms. The molecule has 3 heterocycles. The number of likely N-dealkylation sites (N-methyl/N-ethyl adjacent to an activating group) is 1. The summed E-state index contributed by atoms with van der Waals surface area (Å²) in [5.41, 5.74) is 3.89. The SMILES string of the molecule is CCCC(=O)N[C@@H](CC(C)C)C(=O)N[C@@H](CC(C)C)C(=O)Nc1ccc(C(=O)Nc2ccc3[nH]c(C(=O)N4C[C@@H](CCl)c5c4cc(OC(=O)N4CCN(C)CC4)c4ccccc54)cc3c2)cc1. The van der Waals surface area contributed by atoms with Crippen molar-refractivity contribution in [3.63, 3.8) is 0 Å². The molecule has 0 spiro atoms. The molecule has 0 aliphatic carbocycles. The molecule has 2 aliphatic rings. The second-order valence-corrected chi connectivity index (χ2v) is 18.8. The quantitative estimate of drug-likeness (QED) is 0.0615. The molecule has 6 amide bonds. The minimum absolute atomic E-state index is 0.0887. The normalized spacial score (nSPS) is 15.9. The minimum atomic E-state index is -0.849. The van der Waals surface area contributed by atoms with Gasteiger partial charge in [-0.05, 0) is 97.6 Å². The van der Waals surface area contributed by atoms with Crippen molar-refractivity contribution in [2.75, 3.05) is 61.2 Å². The van der Waals surface area contributed by atoms with E-state index in [2.05, 4.69) is 31.2 Å². The largest absolute Gasteiger partial charge is 0.415 e. The maximum Gasteiger partial charge on any atom is 0.415 e. The number of fused-ring (bicyclic) bond motifs is 4. The number of carbonyl (C=O) groups is 6. The fourth-order valence-electron chi connectivity index (χ4n) is 8.74. The highest BCUT2D eigenvalue weighted by Gasteiger charge is 2.36. The van der Waals surface area contributed by atoms with Crippen molar-refractivity contribution in [3.8, 4) is 5.75 Å². The maximum atomic E-state index is 14.4. The smallest absolute Gasteiger partial charge is 0.409 e. The van der Waals surface area contributed by atoms with Gasteiger partial charge in [0.15, 0.2) is 0 Å². The molecule has 1 aromatic heterocycles. The lowest BCUT2D eigenvalue weighted by molar-refractivity contribution is -0.131. The number of benzene rings is 4. The van der Waals surface area contributed by atoms with Crippen molar-refractivity contribution in [1.29, 1.82) is 0 Å². The Bertz CT molecular complexity index is 2640. The zero-order chi connectivity index (χ0) is 47.9. The molecular weight excluding hydrogens is 872 g/mol. The molecule has 0 saturated carbocycles. The Morgan fingerprint density at radius 2 is 1.43 bits per heavy atom. The number of carbonyl (C=O) groups excluding carboxylic acids is 6. The lowest BCUT2D eigenvalue weighted by Gasteiger charge is -2.31. The molecule has 5 N–H and O–H groups in total. The van der Waals surface area contributed by atoms with Gasteiger partial charge in [0.1, 0.15) is 23.5 Å². The van der Waals surface area contributed by atoms with Gasteiger partial charge in [-0.25, -0.2) is 4.79 Å². The van der Waals surface area contributed by atoms with Gasteiger partial charge in [0.2, 0.25) is 17.7 Å². The van der Waals surface area contributed by atoms with Gasteiger partial charge >= 0.3 is 6.09 Å². The zero-order valence-electron chi connectivity index (χ0n) is 39.0. The van der Waals surface area contributed by atoms with Crippen LogP contribution in [0.2, 0.25) is 0 Å². The van der Waals surface area contributed by atoms with Crippen molar-refractivity contribution in [2.45, 2.75) is 78.3 Å². The number of ether oxygens (including phenoxy) is 1. The van der Waals surface area contributed by atoms with Crippen LogP contribution in [0.25, 0.3) is 21.7 Å². The highest BCUT2D eigenvalue weighted by atomic mass is 35.5. The summed E-state index contributed by atoms with van der Waals surface area (Å²) in [6.07, 6.45) is 1.35. The molecule has 1 saturated heterocycles. The van der Waals surface area contributed by atoms with Gasteiger partial charge in [-0.3, -0.25) is 24.0 Å². The third kappa shape index (κ3) is 11.6. The second kappa shape index (κ2) is 21.5. The summed E-state index contributed by atoms with van der Waals surface area (Å²) in [4.78, 5) is 89.3. The van der Waals surface area contributed by atoms with E-state index in [0.29, 0.717) is 90.3 Å². The van der Waals surface area contributed by atoms with Gasteiger partial charge in [-0.1, -0.05) is 58.9 Å². The topological polar surface area (TPSA) is 185 Å². The molecule has 0 bridgehead atoms. The van der Waals surface area contributed by atoms with E-state index in [0.717, 1.165) is 29.4 Å². The Hall–Kier alpha value is -6.45. The number of H-pyrrole nitrogens is 1. The van der Waals surface area contributed by atoms with Crippen molar-refractivity contribution in [2.24, 2.45) is 11.8 Å². The van der Waals surface area contributed by atoms with Crippen LogP contribution in [0.5, 0.6) is 5.75 Å². The number of piperazine rings is 1.